The third-order valence-corrected chi connectivity index (χ3v) is 5.67. The van der Waals surface area contributed by atoms with Crippen molar-refractivity contribution in [1.29, 1.82) is 0 Å². The molecule has 0 atom stereocenters. The van der Waals surface area contributed by atoms with Crippen molar-refractivity contribution in [3.63, 3.8) is 0 Å². The first-order valence-electron chi connectivity index (χ1n) is 11.1. The highest BCUT2D eigenvalue weighted by molar-refractivity contribution is 5.82. The summed E-state index contributed by atoms with van der Waals surface area (Å²) in [5.41, 5.74) is 2.24. The van der Waals surface area contributed by atoms with Crippen LogP contribution in [-0.4, -0.2) is 59.3 Å². The molecule has 4 rings (SSSR count). The molecule has 34 heavy (non-hydrogen) atoms. The SMILES string of the molecule is CCc1nc(C=O)c(Nc2ccc(N3CCN(C)CC3)cc2)nc1Oc1ccccc1[N+](=O)[O-]. The second-order valence-electron chi connectivity index (χ2n) is 7.97. The minimum atomic E-state index is -0.519. The van der Waals surface area contributed by atoms with Crippen LogP contribution in [0.3, 0.4) is 0 Å². The smallest absolute Gasteiger partial charge is 0.311 e. The fourth-order valence-corrected chi connectivity index (χ4v) is 3.71. The second kappa shape index (κ2) is 10.3. The number of nitrogens with one attached hydrogen (secondary N) is 1. The van der Waals surface area contributed by atoms with Crippen LogP contribution in [0.2, 0.25) is 0 Å². The summed E-state index contributed by atoms with van der Waals surface area (Å²) < 4.78 is 5.80. The molecule has 2 heterocycles. The van der Waals surface area contributed by atoms with E-state index in [-0.39, 0.29) is 28.8 Å². The molecule has 1 aromatic heterocycles. The van der Waals surface area contributed by atoms with Crippen molar-refractivity contribution in [2.24, 2.45) is 0 Å². The van der Waals surface area contributed by atoms with E-state index in [0.717, 1.165) is 37.6 Å². The maximum absolute atomic E-state index is 11.7. The second-order valence-corrected chi connectivity index (χ2v) is 7.97. The van der Waals surface area contributed by atoms with E-state index in [1.165, 1.54) is 12.1 Å². The first kappa shape index (κ1) is 23.1. The lowest BCUT2D eigenvalue weighted by Crippen LogP contribution is -2.44. The molecule has 176 valence electrons. The van der Waals surface area contributed by atoms with Crippen molar-refractivity contribution in [2.45, 2.75) is 13.3 Å². The quantitative estimate of drug-likeness (QED) is 0.301. The third kappa shape index (κ3) is 5.12. The fourth-order valence-electron chi connectivity index (χ4n) is 3.71. The number of rotatable bonds is 8. The molecule has 10 nitrogen and oxygen atoms in total. The van der Waals surface area contributed by atoms with E-state index in [1.54, 1.807) is 12.1 Å². The summed E-state index contributed by atoms with van der Waals surface area (Å²) in [6.45, 7) is 5.81. The number of carbonyl (C=O) groups excluding carboxylic acids is 1. The van der Waals surface area contributed by atoms with E-state index in [2.05, 4.69) is 32.1 Å². The minimum Gasteiger partial charge on any atom is -0.430 e. The first-order valence-corrected chi connectivity index (χ1v) is 11.1. The monoisotopic (exact) mass is 462 g/mol. The molecule has 1 aliphatic heterocycles. The Hall–Kier alpha value is -4.05. The molecule has 1 aliphatic rings. The Balaban J connectivity index is 1.59. The van der Waals surface area contributed by atoms with Crippen molar-refractivity contribution in [2.75, 3.05) is 43.4 Å². The standard InChI is InChI=1S/C24H26N6O4/c1-3-19-24(34-22-7-5-4-6-21(22)30(32)33)27-23(20(16-31)26-19)25-17-8-10-18(11-9-17)29-14-12-28(2)13-15-29/h4-11,16H,3,12-15H2,1-2H3,(H,25,27). The summed E-state index contributed by atoms with van der Waals surface area (Å²) >= 11 is 0. The number of hydrogen-bond acceptors (Lipinski definition) is 9. The van der Waals surface area contributed by atoms with E-state index in [9.17, 15) is 14.9 Å². The number of carbonyl (C=O) groups is 1. The van der Waals surface area contributed by atoms with Crippen molar-refractivity contribution >= 4 is 29.2 Å². The number of nitro groups is 1. The van der Waals surface area contributed by atoms with E-state index >= 15 is 0 Å². The molecule has 0 saturated carbocycles. The Morgan fingerprint density at radius 2 is 1.79 bits per heavy atom. The maximum atomic E-state index is 11.7. The highest BCUT2D eigenvalue weighted by atomic mass is 16.6. The maximum Gasteiger partial charge on any atom is 0.311 e. The van der Waals surface area contributed by atoms with Gasteiger partial charge in [0.2, 0.25) is 11.6 Å². The molecule has 0 amide bonds. The molecular formula is C24H26N6O4. The zero-order chi connectivity index (χ0) is 24.1. The zero-order valence-corrected chi connectivity index (χ0v) is 19.1. The van der Waals surface area contributed by atoms with Gasteiger partial charge in [-0.15, -0.1) is 0 Å². The zero-order valence-electron chi connectivity index (χ0n) is 19.1. The van der Waals surface area contributed by atoms with Gasteiger partial charge in [-0.25, -0.2) is 4.98 Å². The molecule has 0 aliphatic carbocycles. The molecular weight excluding hydrogens is 436 g/mol. The minimum absolute atomic E-state index is 0.0535. The Labute approximate surface area is 197 Å². The molecule has 0 spiro atoms. The van der Waals surface area contributed by atoms with Crippen LogP contribution in [0.1, 0.15) is 23.1 Å². The van der Waals surface area contributed by atoms with Crippen molar-refractivity contribution < 1.29 is 14.5 Å². The number of ether oxygens (including phenoxy) is 1. The van der Waals surface area contributed by atoms with Gasteiger partial charge in [-0.3, -0.25) is 14.9 Å². The molecule has 2 aromatic carbocycles. The van der Waals surface area contributed by atoms with Crippen LogP contribution in [-0.2, 0) is 6.42 Å². The van der Waals surface area contributed by atoms with Crippen LogP contribution in [0.25, 0.3) is 0 Å². The van der Waals surface area contributed by atoms with Crippen LogP contribution in [0.15, 0.2) is 48.5 Å². The van der Waals surface area contributed by atoms with E-state index < -0.39 is 4.92 Å². The summed E-state index contributed by atoms with van der Waals surface area (Å²) in [4.78, 5) is 36.0. The van der Waals surface area contributed by atoms with E-state index in [4.69, 9.17) is 4.74 Å². The number of benzene rings is 2. The van der Waals surface area contributed by atoms with Gasteiger partial charge in [-0.2, -0.15) is 4.98 Å². The Morgan fingerprint density at radius 3 is 2.44 bits per heavy atom. The average molecular weight is 463 g/mol. The molecule has 10 heteroatoms. The van der Waals surface area contributed by atoms with Gasteiger partial charge in [0.25, 0.3) is 0 Å². The molecule has 3 aromatic rings. The number of piperazine rings is 1. The summed E-state index contributed by atoms with van der Waals surface area (Å²) in [6, 6.07) is 13.9. The number of anilines is 3. The van der Waals surface area contributed by atoms with Crippen LogP contribution < -0.4 is 15.0 Å². The van der Waals surface area contributed by atoms with Crippen molar-refractivity contribution in [3.8, 4) is 11.6 Å². The number of aromatic nitrogens is 2. The predicted molar refractivity (Wildman–Crippen MR) is 129 cm³/mol. The van der Waals surface area contributed by atoms with Crippen LogP contribution >= 0.6 is 0 Å². The molecule has 1 fully saturated rings. The van der Waals surface area contributed by atoms with Gasteiger partial charge >= 0.3 is 5.69 Å². The molecule has 0 unspecified atom stereocenters. The summed E-state index contributed by atoms with van der Waals surface area (Å²) in [7, 11) is 2.12. The summed E-state index contributed by atoms with van der Waals surface area (Å²) in [5, 5.41) is 14.5. The van der Waals surface area contributed by atoms with Gasteiger partial charge in [0, 0.05) is 43.6 Å². The number of nitro benzene ring substituents is 1. The van der Waals surface area contributed by atoms with Gasteiger partial charge in [0.15, 0.2) is 12.1 Å². The van der Waals surface area contributed by atoms with Gasteiger partial charge < -0.3 is 19.9 Å². The largest absolute Gasteiger partial charge is 0.430 e. The van der Waals surface area contributed by atoms with Crippen molar-refractivity contribution in [1.82, 2.24) is 14.9 Å². The van der Waals surface area contributed by atoms with Gasteiger partial charge in [0.1, 0.15) is 11.4 Å². The number of para-hydroxylation sites is 2. The number of nitrogens with zero attached hydrogens (tertiary/aromatic N) is 5. The molecule has 0 bridgehead atoms. The molecule has 1 saturated heterocycles. The summed E-state index contributed by atoms with van der Waals surface area (Å²) in [6.07, 6.45) is 1.06. The Kier molecular flexibility index (Phi) is 6.98. The van der Waals surface area contributed by atoms with E-state index in [1.807, 2.05) is 31.2 Å². The number of likely N-dealkylation sites (N-methyl/N-ethyl adjacent to an activating group) is 1. The molecule has 0 radical (unpaired) electrons. The van der Waals surface area contributed by atoms with Crippen LogP contribution in [0.5, 0.6) is 11.6 Å². The first-order chi connectivity index (χ1) is 16.5. The highest BCUT2D eigenvalue weighted by Gasteiger charge is 2.20. The topological polar surface area (TPSA) is 114 Å². The van der Waals surface area contributed by atoms with Crippen molar-refractivity contribution in [3.05, 3.63) is 70.0 Å². The van der Waals surface area contributed by atoms with Crippen LogP contribution in [0.4, 0.5) is 22.9 Å². The fraction of sp³-hybridized carbons (Fsp3) is 0.292. The van der Waals surface area contributed by atoms with Gasteiger partial charge in [0.05, 0.1) is 4.92 Å². The number of hydrogen-bond donors (Lipinski definition) is 1. The average Bonchev–Trinajstić information content (AvgIpc) is 2.85. The Morgan fingerprint density at radius 1 is 1.09 bits per heavy atom. The third-order valence-electron chi connectivity index (χ3n) is 5.67. The number of aldehydes is 1. The van der Waals surface area contributed by atoms with Crippen LogP contribution in [0, 0.1) is 10.1 Å². The normalized spacial score (nSPS) is 14.0. The summed E-state index contributed by atoms with van der Waals surface area (Å²) in [5.74, 6) is 0.380. The van der Waals surface area contributed by atoms with Gasteiger partial charge in [-0.05, 0) is 43.8 Å². The lowest BCUT2D eigenvalue weighted by Gasteiger charge is -2.34. The lowest BCUT2D eigenvalue weighted by molar-refractivity contribution is -0.385. The van der Waals surface area contributed by atoms with Gasteiger partial charge in [-0.1, -0.05) is 19.1 Å². The predicted octanol–water partition coefficient (Wildman–Crippen LogP) is 4.05. The number of aryl methyl sites for hydroxylation is 1. The molecule has 1 N–H and O–H groups in total. The highest BCUT2D eigenvalue weighted by Crippen LogP contribution is 2.33. The lowest BCUT2D eigenvalue weighted by atomic mass is 10.2. The Bertz CT molecular complexity index is 1180. The van der Waals surface area contributed by atoms with E-state index in [0.29, 0.717) is 18.4 Å².